The standard InChI is InChI=1S/C23H28N2O5/c1-23(2,3)30-22(27)24-17-11-12-20-19(15-17)25(21(26)16-29-20)13-7-8-14-28-18-9-5-4-6-10-18/h4-6,9-12,15H,7-8,13-14,16H2,1-3H3,(H,24,27). The van der Waals surface area contributed by atoms with Gasteiger partial charge in [-0.2, -0.15) is 0 Å². The molecular formula is C23H28N2O5. The number of amides is 2. The Morgan fingerprint density at radius 1 is 1.13 bits per heavy atom. The van der Waals surface area contributed by atoms with Crippen molar-refractivity contribution in [2.75, 3.05) is 30.0 Å². The summed E-state index contributed by atoms with van der Waals surface area (Å²) in [5.41, 5.74) is 0.591. The Hall–Kier alpha value is -3.22. The van der Waals surface area contributed by atoms with E-state index in [1.165, 1.54) is 0 Å². The highest BCUT2D eigenvalue weighted by molar-refractivity contribution is 5.99. The highest BCUT2D eigenvalue weighted by Gasteiger charge is 2.26. The smallest absolute Gasteiger partial charge is 0.412 e. The fraction of sp³-hybridized carbons (Fsp3) is 0.391. The zero-order chi connectivity index (χ0) is 21.6. The molecule has 0 fully saturated rings. The summed E-state index contributed by atoms with van der Waals surface area (Å²) in [6, 6.07) is 14.9. The topological polar surface area (TPSA) is 77.1 Å². The van der Waals surface area contributed by atoms with E-state index in [-0.39, 0.29) is 12.5 Å². The second-order valence-corrected chi connectivity index (χ2v) is 8.01. The molecule has 2 aromatic carbocycles. The van der Waals surface area contributed by atoms with Crippen molar-refractivity contribution in [1.29, 1.82) is 0 Å². The number of nitrogens with one attached hydrogen (secondary N) is 1. The van der Waals surface area contributed by atoms with E-state index in [1.807, 2.05) is 30.3 Å². The van der Waals surface area contributed by atoms with Gasteiger partial charge in [-0.3, -0.25) is 10.1 Å². The molecule has 1 aliphatic heterocycles. The maximum atomic E-state index is 12.4. The summed E-state index contributed by atoms with van der Waals surface area (Å²) in [7, 11) is 0. The largest absolute Gasteiger partial charge is 0.494 e. The van der Waals surface area contributed by atoms with Gasteiger partial charge in [-0.1, -0.05) is 18.2 Å². The van der Waals surface area contributed by atoms with Crippen LogP contribution in [-0.4, -0.2) is 37.4 Å². The van der Waals surface area contributed by atoms with Crippen molar-refractivity contribution in [3.8, 4) is 11.5 Å². The highest BCUT2D eigenvalue weighted by Crippen LogP contribution is 2.35. The van der Waals surface area contributed by atoms with Crippen LogP contribution in [0.3, 0.4) is 0 Å². The third-order valence-corrected chi connectivity index (χ3v) is 4.34. The van der Waals surface area contributed by atoms with Crippen LogP contribution >= 0.6 is 0 Å². The minimum atomic E-state index is -0.592. The average molecular weight is 412 g/mol. The minimum absolute atomic E-state index is 0.00631. The highest BCUT2D eigenvalue weighted by atomic mass is 16.6. The van der Waals surface area contributed by atoms with E-state index < -0.39 is 11.7 Å². The Morgan fingerprint density at radius 2 is 1.90 bits per heavy atom. The molecule has 2 amide bonds. The Balaban J connectivity index is 1.58. The van der Waals surface area contributed by atoms with Gasteiger partial charge in [-0.15, -0.1) is 0 Å². The predicted molar refractivity (Wildman–Crippen MR) is 115 cm³/mol. The van der Waals surface area contributed by atoms with Crippen molar-refractivity contribution in [1.82, 2.24) is 0 Å². The monoisotopic (exact) mass is 412 g/mol. The van der Waals surface area contributed by atoms with E-state index in [2.05, 4.69) is 5.32 Å². The van der Waals surface area contributed by atoms with E-state index in [1.54, 1.807) is 43.9 Å². The van der Waals surface area contributed by atoms with Crippen molar-refractivity contribution in [2.24, 2.45) is 0 Å². The van der Waals surface area contributed by atoms with E-state index in [0.717, 1.165) is 18.6 Å². The van der Waals surface area contributed by atoms with Gasteiger partial charge in [0, 0.05) is 12.2 Å². The fourth-order valence-corrected chi connectivity index (χ4v) is 3.03. The second-order valence-electron chi connectivity index (χ2n) is 8.01. The minimum Gasteiger partial charge on any atom is -0.494 e. The van der Waals surface area contributed by atoms with Crippen LogP contribution in [0.1, 0.15) is 33.6 Å². The van der Waals surface area contributed by atoms with Crippen molar-refractivity contribution in [2.45, 2.75) is 39.2 Å². The van der Waals surface area contributed by atoms with Gasteiger partial charge in [0.1, 0.15) is 17.1 Å². The maximum absolute atomic E-state index is 12.4. The molecule has 0 aromatic heterocycles. The van der Waals surface area contributed by atoms with Crippen LogP contribution in [0.25, 0.3) is 0 Å². The number of fused-ring (bicyclic) bond motifs is 1. The molecule has 0 atom stereocenters. The first-order chi connectivity index (χ1) is 14.3. The number of para-hydroxylation sites is 1. The zero-order valence-corrected chi connectivity index (χ0v) is 17.6. The molecule has 3 rings (SSSR count). The van der Waals surface area contributed by atoms with E-state index in [4.69, 9.17) is 14.2 Å². The van der Waals surface area contributed by atoms with E-state index in [0.29, 0.717) is 30.3 Å². The molecule has 0 unspecified atom stereocenters. The number of nitrogens with zero attached hydrogens (tertiary/aromatic N) is 1. The number of benzene rings is 2. The number of carbonyl (C=O) groups excluding carboxylic acids is 2. The second kappa shape index (κ2) is 9.52. The Morgan fingerprint density at radius 3 is 2.63 bits per heavy atom. The molecule has 2 aromatic rings. The Labute approximate surface area is 176 Å². The fourth-order valence-electron chi connectivity index (χ4n) is 3.03. The SMILES string of the molecule is CC(C)(C)OC(=O)Nc1ccc2c(c1)N(CCCCOc1ccccc1)C(=O)CO2. The van der Waals surface area contributed by atoms with Crippen molar-refractivity contribution >= 4 is 23.4 Å². The maximum Gasteiger partial charge on any atom is 0.412 e. The molecule has 0 saturated heterocycles. The number of unbranched alkanes of at least 4 members (excludes halogenated alkanes) is 1. The van der Waals surface area contributed by atoms with Crippen LogP contribution in [0.4, 0.5) is 16.2 Å². The Kier molecular flexibility index (Phi) is 6.82. The first kappa shape index (κ1) is 21.5. The predicted octanol–water partition coefficient (Wildman–Crippen LogP) is 4.62. The van der Waals surface area contributed by atoms with Crippen molar-refractivity contribution < 1.29 is 23.8 Å². The van der Waals surface area contributed by atoms with Crippen LogP contribution in [0, 0.1) is 0 Å². The molecule has 0 aliphatic carbocycles. The third kappa shape index (κ3) is 6.14. The summed E-state index contributed by atoms with van der Waals surface area (Å²) >= 11 is 0. The molecule has 7 heteroatoms. The normalized spacial score (nSPS) is 13.3. The number of hydrogen-bond donors (Lipinski definition) is 1. The molecule has 0 saturated carbocycles. The number of carbonyl (C=O) groups is 2. The van der Waals surface area contributed by atoms with Gasteiger partial charge in [-0.05, 0) is 63.9 Å². The summed E-state index contributed by atoms with van der Waals surface area (Å²) < 4.78 is 16.5. The van der Waals surface area contributed by atoms with Gasteiger partial charge in [-0.25, -0.2) is 4.79 Å². The summed E-state index contributed by atoms with van der Waals surface area (Å²) in [5, 5.41) is 2.70. The lowest BCUT2D eigenvalue weighted by molar-refractivity contribution is -0.121. The third-order valence-electron chi connectivity index (χ3n) is 4.34. The first-order valence-corrected chi connectivity index (χ1v) is 10.1. The number of rotatable bonds is 7. The Bertz CT molecular complexity index is 877. The van der Waals surface area contributed by atoms with Gasteiger partial charge in [0.15, 0.2) is 6.61 Å². The molecule has 0 spiro atoms. The molecule has 0 radical (unpaired) electrons. The van der Waals surface area contributed by atoms with Gasteiger partial charge < -0.3 is 19.1 Å². The number of ether oxygens (including phenoxy) is 3. The quantitative estimate of drug-likeness (QED) is 0.672. The van der Waals surface area contributed by atoms with Crippen molar-refractivity contribution in [3.05, 3.63) is 48.5 Å². The first-order valence-electron chi connectivity index (χ1n) is 10.1. The van der Waals surface area contributed by atoms with Crippen LogP contribution in [0.5, 0.6) is 11.5 Å². The summed E-state index contributed by atoms with van der Waals surface area (Å²) in [4.78, 5) is 26.2. The number of anilines is 2. The lowest BCUT2D eigenvalue weighted by Crippen LogP contribution is -2.39. The van der Waals surface area contributed by atoms with Gasteiger partial charge in [0.05, 0.1) is 12.3 Å². The van der Waals surface area contributed by atoms with Gasteiger partial charge in [0.2, 0.25) is 0 Å². The van der Waals surface area contributed by atoms with Crippen LogP contribution in [0.2, 0.25) is 0 Å². The molecule has 1 heterocycles. The average Bonchev–Trinajstić information content (AvgIpc) is 2.68. The zero-order valence-electron chi connectivity index (χ0n) is 17.6. The number of hydrogen-bond acceptors (Lipinski definition) is 5. The van der Waals surface area contributed by atoms with Crippen LogP contribution in [0.15, 0.2) is 48.5 Å². The molecule has 1 N–H and O–H groups in total. The van der Waals surface area contributed by atoms with Gasteiger partial charge in [0.25, 0.3) is 5.91 Å². The van der Waals surface area contributed by atoms with E-state index >= 15 is 0 Å². The van der Waals surface area contributed by atoms with Crippen molar-refractivity contribution in [3.63, 3.8) is 0 Å². The van der Waals surface area contributed by atoms with E-state index in [9.17, 15) is 9.59 Å². The molecule has 7 nitrogen and oxygen atoms in total. The summed E-state index contributed by atoms with van der Waals surface area (Å²) in [5.74, 6) is 1.34. The molecule has 1 aliphatic rings. The lowest BCUT2D eigenvalue weighted by Gasteiger charge is -2.30. The molecule has 0 bridgehead atoms. The van der Waals surface area contributed by atoms with Crippen LogP contribution in [-0.2, 0) is 9.53 Å². The van der Waals surface area contributed by atoms with Gasteiger partial charge >= 0.3 is 6.09 Å². The molecular weight excluding hydrogens is 384 g/mol. The molecule has 30 heavy (non-hydrogen) atoms. The molecule has 160 valence electrons. The summed E-state index contributed by atoms with van der Waals surface area (Å²) in [6.45, 7) is 6.53. The van der Waals surface area contributed by atoms with Crippen LogP contribution < -0.4 is 19.7 Å². The lowest BCUT2D eigenvalue weighted by atomic mass is 10.2. The summed E-state index contributed by atoms with van der Waals surface area (Å²) in [6.07, 6.45) is 1.04.